The van der Waals surface area contributed by atoms with Gasteiger partial charge in [0.05, 0.1) is 11.1 Å². The zero-order valence-corrected chi connectivity index (χ0v) is 13.9. The van der Waals surface area contributed by atoms with Crippen LogP contribution in [0.15, 0.2) is 36.5 Å². The molecule has 25 heavy (non-hydrogen) atoms. The van der Waals surface area contributed by atoms with Gasteiger partial charge < -0.3 is 15.0 Å². The minimum absolute atomic E-state index is 0.0731. The lowest BCUT2D eigenvalue weighted by molar-refractivity contribution is 0.0908. The number of para-hydroxylation sites is 1. The van der Waals surface area contributed by atoms with Crippen LogP contribution in [0.1, 0.15) is 40.8 Å². The van der Waals surface area contributed by atoms with Crippen LogP contribution < -0.4 is 5.32 Å². The first-order valence-corrected chi connectivity index (χ1v) is 8.31. The third-order valence-electron chi connectivity index (χ3n) is 4.87. The van der Waals surface area contributed by atoms with Crippen molar-refractivity contribution in [3.8, 4) is 0 Å². The number of benzene rings is 1. The van der Waals surface area contributed by atoms with Crippen LogP contribution in [0, 0.1) is 0 Å². The first-order valence-electron chi connectivity index (χ1n) is 8.31. The molecule has 0 bridgehead atoms. The minimum Gasteiger partial charge on any atom is -0.388 e. The summed E-state index contributed by atoms with van der Waals surface area (Å²) < 4.78 is 1.83. The van der Waals surface area contributed by atoms with Gasteiger partial charge in [-0.1, -0.05) is 18.2 Å². The minimum atomic E-state index is -0.120. The van der Waals surface area contributed by atoms with Crippen molar-refractivity contribution in [3.63, 3.8) is 0 Å². The quantitative estimate of drug-likeness (QED) is 0.753. The molecule has 7 nitrogen and oxygen atoms in total. The predicted octanol–water partition coefficient (Wildman–Crippen LogP) is 1.53. The van der Waals surface area contributed by atoms with Crippen LogP contribution in [0.4, 0.5) is 0 Å². The highest BCUT2D eigenvalue weighted by molar-refractivity contribution is 6.06. The van der Waals surface area contributed by atoms with Gasteiger partial charge in [-0.25, -0.2) is 0 Å². The largest absolute Gasteiger partial charge is 0.388 e. The Labute approximate surface area is 144 Å². The summed E-state index contributed by atoms with van der Waals surface area (Å²) in [5.41, 5.74) is 1.47. The van der Waals surface area contributed by atoms with E-state index < -0.39 is 0 Å². The number of carbonyl (C=O) groups excluding carboxylic acids is 1. The molecule has 0 unspecified atom stereocenters. The number of pyridine rings is 1. The number of nitrogens with one attached hydrogen (secondary N) is 1. The van der Waals surface area contributed by atoms with Crippen LogP contribution in [0.2, 0.25) is 0 Å². The van der Waals surface area contributed by atoms with Crippen LogP contribution in [-0.2, 0) is 13.7 Å². The molecule has 0 atom stereocenters. The van der Waals surface area contributed by atoms with E-state index in [-0.39, 0.29) is 24.5 Å². The molecule has 1 amide bonds. The Morgan fingerprint density at radius 3 is 2.84 bits per heavy atom. The standard InChI is InChI=1S/C18H19N5O2/c1-23-16(10-24)21-22-17(23)11-8-12(9-11)20-18(25)14-6-7-19-15-5-3-2-4-13(14)15/h2-7,11-12,24H,8-10H2,1H3,(H,20,25). The summed E-state index contributed by atoms with van der Waals surface area (Å²) in [7, 11) is 1.86. The van der Waals surface area contributed by atoms with Gasteiger partial charge in [0.2, 0.25) is 0 Å². The summed E-state index contributed by atoms with van der Waals surface area (Å²) in [6, 6.07) is 9.51. The molecule has 0 radical (unpaired) electrons. The number of carbonyl (C=O) groups is 1. The number of rotatable bonds is 4. The highest BCUT2D eigenvalue weighted by Gasteiger charge is 2.35. The molecule has 1 aliphatic rings. The van der Waals surface area contributed by atoms with Crippen molar-refractivity contribution in [2.45, 2.75) is 31.4 Å². The number of aliphatic hydroxyl groups is 1. The van der Waals surface area contributed by atoms with Gasteiger partial charge in [0, 0.05) is 30.6 Å². The maximum Gasteiger partial charge on any atom is 0.252 e. The molecule has 2 aromatic heterocycles. The molecule has 7 heteroatoms. The lowest BCUT2D eigenvalue weighted by Crippen LogP contribution is -2.44. The SMILES string of the molecule is Cn1c(CO)nnc1C1CC(NC(=O)c2ccnc3ccccc23)C1. The van der Waals surface area contributed by atoms with Gasteiger partial charge in [-0.3, -0.25) is 9.78 Å². The van der Waals surface area contributed by atoms with Crippen molar-refractivity contribution in [2.75, 3.05) is 0 Å². The summed E-state index contributed by atoms with van der Waals surface area (Å²) in [4.78, 5) is 16.9. The van der Waals surface area contributed by atoms with Gasteiger partial charge in [-0.05, 0) is 25.0 Å². The monoisotopic (exact) mass is 337 g/mol. The van der Waals surface area contributed by atoms with Gasteiger partial charge in [0.15, 0.2) is 5.82 Å². The number of hydrogen-bond acceptors (Lipinski definition) is 5. The highest BCUT2D eigenvalue weighted by atomic mass is 16.3. The molecular formula is C18H19N5O2. The Morgan fingerprint density at radius 1 is 1.28 bits per heavy atom. The molecule has 1 saturated carbocycles. The Bertz CT molecular complexity index is 925. The number of fused-ring (bicyclic) bond motifs is 1. The molecule has 2 heterocycles. The number of hydrogen-bond donors (Lipinski definition) is 2. The second kappa shape index (κ2) is 6.25. The van der Waals surface area contributed by atoms with Crippen molar-refractivity contribution in [1.82, 2.24) is 25.1 Å². The zero-order chi connectivity index (χ0) is 17.4. The normalized spacial score (nSPS) is 19.6. The van der Waals surface area contributed by atoms with E-state index in [2.05, 4.69) is 20.5 Å². The second-order valence-electron chi connectivity index (χ2n) is 6.41. The molecule has 1 fully saturated rings. The Kier molecular flexibility index (Phi) is 3.93. The van der Waals surface area contributed by atoms with Gasteiger partial charge in [0.25, 0.3) is 5.91 Å². The van der Waals surface area contributed by atoms with E-state index in [9.17, 15) is 9.90 Å². The van der Waals surface area contributed by atoms with E-state index in [1.807, 2.05) is 35.9 Å². The zero-order valence-electron chi connectivity index (χ0n) is 13.9. The average molecular weight is 337 g/mol. The van der Waals surface area contributed by atoms with Crippen molar-refractivity contribution < 1.29 is 9.90 Å². The molecule has 4 rings (SSSR count). The predicted molar refractivity (Wildman–Crippen MR) is 91.9 cm³/mol. The van der Waals surface area contributed by atoms with Gasteiger partial charge >= 0.3 is 0 Å². The molecule has 0 aliphatic heterocycles. The van der Waals surface area contributed by atoms with Gasteiger partial charge in [-0.2, -0.15) is 0 Å². The number of aromatic nitrogens is 4. The molecule has 128 valence electrons. The Morgan fingerprint density at radius 2 is 2.08 bits per heavy atom. The fourth-order valence-electron chi connectivity index (χ4n) is 3.37. The van der Waals surface area contributed by atoms with Gasteiger partial charge in [0.1, 0.15) is 12.4 Å². The fraction of sp³-hybridized carbons (Fsp3) is 0.333. The molecule has 2 N–H and O–H groups in total. The van der Waals surface area contributed by atoms with E-state index in [0.29, 0.717) is 11.4 Å². The number of aliphatic hydroxyl groups excluding tert-OH is 1. The van der Waals surface area contributed by atoms with E-state index in [4.69, 9.17) is 0 Å². The molecule has 0 spiro atoms. The molecule has 0 saturated heterocycles. The Hall–Kier alpha value is -2.80. The summed E-state index contributed by atoms with van der Waals surface area (Å²) in [5.74, 6) is 1.61. The van der Waals surface area contributed by atoms with Gasteiger partial charge in [-0.15, -0.1) is 10.2 Å². The van der Waals surface area contributed by atoms with Crippen LogP contribution in [-0.4, -0.2) is 36.8 Å². The van der Waals surface area contributed by atoms with E-state index in [1.165, 1.54) is 0 Å². The number of amides is 1. The van der Waals surface area contributed by atoms with Crippen LogP contribution in [0.3, 0.4) is 0 Å². The van der Waals surface area contributed by atoms with Crippen LogP contribution in [0.5, 0.6) is 0 Å². The summed E-state index contributed by atoms with van der Waals surface area (Å²) in [5, 5.41) is 21.3. The van der Waals surface area contributed by atoms with Crippen molar-refractivity contribution >= 4 is 16.8 Å². The van der Waals surface area contributed by atoms with Crippen LogP contribution >= 0.6 is 0 Å². The smallest absolute Gasteiger partial charge is 0.252 e. The van der Waals surface area contributed by atoms with E-state index in [0.717, 1.165) is 29.6 Å². The summed E-state index contributed by atoms with van der Waals surface area (Å²) >= 11 is 0. The summed E-state index contributed by atoms with van der Waals surface area (Å²) in [6.07, 6.45) is 3.31. The van der Waals surface area contributed by atoms with Crippen LogP contribution in [0.25, 0.3) is 10.9 Å². The maximum atomic E-state index is 12.6. The molecule has 3 aromatic rings. The first-order chi connectivity index (χ1) is 12.2. The molecule has 1 aliphatic carbocycles. The maximum absolute atomic E-state index is 12.6. The third-order valence-corrected chi connectivity index (χ3v) is 4.87. The Balaban J connectivity index is 1.44. The fourth-order valence-corrected chi connectivity index (χ4v) is 3.37. The summed E-state index contributed by atoms with van der Waals surface area (Å²) in [6.45, 7) is -0.120. The van der Waals surface area contributed by atoms with E-state index in [1.54, 1.807) is 12.3 Å². The topological polar surface area (TPSA) is 92.9 Å². The van der Waals surface area contributed by atoms with Crippen molar-refractivity contribution in [2.24, 2.45) is 7.05 Å². The first kappa shape index (κ1) is 15.7. The van der Waals surface area contributed by atoms with Crippen molar-refractivity contribution in [1.29, 1.82) is 0 Å². The van der Waals surface area contributed by atoms with E-state index >= 15 is 0 Å². The van der Waals surface area contributed by atoms with Crippen molar-refractivity contribution in [3.05, 3.63) is 53.7 Å². The third kappa shape index (κ3) is 2.76. The average Bonchev–Trinajstić information content (AvgIpc) is 2.97. The second-order valence-corrected chi connectivity index (χ2v) is 6.41. The molecular weight excluding hydrogens is 318 g/mol. The lowest BCUT2D eigenvalue weighted by atomic mass is 9.79. The number of nitrogens with zero attached hydrogens (tertiary/aromatic N) is 4. The lowest BCUT2D eigenvalue weighted by Gasteiger charge is -2.35. The molecule has 1 aromatic carbocycles. The highest BCUT2D eigenvalue weighted by Crippen LogP contribution is 2.36.